The summed E-state index contributed by atoms with van der Waals surface area (Å²) in [4.78, 5) is 17.3. The van der Waals surface area contributed by atoms with Crippen molar-refractivity contribution < 1.29 is 4.79 Å². The van der Waals surface area contributed by atoms with Crippen LogP contribution in [0.2, 0.25) is 10.0 Å². The molecule has 0 unspecified atom stereocenters. The molecule has 0 saturated heterocycles. The normalized spacial score (nSPS) is 11.2. The second-order valence-electron chi connectivity index (χ2n) is 6.66. The van der Waals surface area contributed by atoms with Crippen molar-refractivity contribution in [2.45, 2.75) is 43.2 Å². The van der Waals surface area contributed by atoms with Gasteiger partial charge in [-0.2, -0.15) is 0 Å². The quantitative estimate of drug-likeness (QED) is 0.416. The van der Waals surface area contributed by atoms with Crippen LogP contribution in [0.25, 0.3) is 0 Å². The minimum atomic E-state index is 0.0677. The van der Waals surface area contributed by atoms with E-state index in [1.807, 2.05) is 30.5 Å². The Kier molecular flexibility index (Phi) is 6.30. The number of aromatic nitrogens is 2. The molecule has 0 spiro atoms. The van der Waals surface area contributed by atoms with Crippen molar-refractivity contribution in [2.24, 2.45) is 0 Å². The Morgan fingerprint density at radius 1 is 1.15 bits per heavy atom. The number of hydrogen-bond donors (Lipinski definition) is 0. The monoisotopic (exact) mass is 418 g/mol. The largest absolute Gasteiger partial charge is 0.337 e. The van der Waals surface area contributed by atoms with Crippen molar-refractivity contribution in [1.82, 2.24) is 9.55 Å². The molecule has 1 aromatic carbocycles. The van der Waals surface area contributed by atoms with Gasteiger partial charge in [0.1, 0.15) is 0 Å². The summed E-state index contributed by atoms with van der Waals surface area (Å²) < 4.78 is 2.13. The summed E-state index contributed by atoms with van der Waals surface area (Å²) in [6, 6.07) is 9.45. The Balaban J connectivity index is 2.11. The van der Waals surface area contributed by atoms with Crippen molar-refractivity contribution in [3.63, 3.8) is 0 Å². The SMILES string of the molecule is CC(=O)c1cn(Cc2ccncc2)c(Sc2cc(Cl)cc(Cl)c2)c1C(C)C. The van der Waals surface area contributed by atoms with Crippen molar-refractivity contribution >= 4 is 40.7 Å². The summed E-state index contributed by atoms with van der Waals surface area (Å²) in [7, 11) is 0. The number of benzene rings is 1. The maximum atomic E-state index is 12.3. The number of halogens is 2. The summed E-state index contributed by atoms with van der Waals surface area (Å²) in [5.74, 6) is 0.276. The van der Waals surface area contributed by atoms with E-state index in [1.54, 1.807) is 37.1 Å². The molecule has 0 saturated carbocycles. The van der Waals surface area contributed by atoms with Crippen LogP contribution in [0.15, 0.2) is 58.8 Å². The van der Waals surface area contributed by atoms with E-state index in [0.29, 0.717) is 16.6 Å². The molecular formula is C21H20Cl2N2OS. The van der Waals surface area contributed by atoms with Gasteiger partial charge in [0, 0.05) is 45.6 Å². The minimum absolute atomic E-state index is 0.0677. The van der Waals surface area contributed by atoms with Crippen LogP contribution in [0.3, 0.4) is 0 Å². The third kappa shape index (κ3) is 4.75. The second-order valence-corrected chi connectivity index (χ2v) is 8.60. The lowest BCUT2D eigenvalue weighted by molar-refractivity contribution is 0.101. The highest BCUT2D eigenvalue weighted by molar-refractivity contribution is 7.99. The fourth-order valence-corrected chi connectivity index (χ4v) is 4.95. The first-order valence-corrected chi connectivity index (χ1v) is 10.2. The molecule has 0 N–H and O–H groups in total. The highest BCUT2D eigenvalue weighted by atomic mass is 35.5. The minimum Gasteiger partial charge on any atom is -0.337 e. The predicted molar refractivity (Wildman–Crippen MR) is 112 cm³/mol. The molecule has 2 aromatic heterocycles. The Hall–Kier alpha value is -1.75. The van der Waals surface area contributed by atoms with Crippen molar-refractivity contribution in [3.05, 3.63) is 75.7 Å². The standard InChI is InChI=1S/C21H20Cl2N2OS/c1-13(2)20-19(14(3)26)12-25(11-15-4-6-24-7-5-15)21(20)27-18-9-16(22)8-17(23)10-18/h4-10,12-13H,11H2,1-3H3. The zero-order valence-electron chi connectivity index (χ0n) is 15.4. The summed E-state index contributed by atoms with van der Waals surface area (Å²) in [5, 5.41) is 2.22. The predicted octanol–water partition coefficient (Wildman–Crippen LogP) is 6.72. The maximum Gasteiger partial charge on any atom is 0.161 e. The number of Topliss-reactive ketones (excluding diaryl/α,β-unsaturated/α-hetero) is 1. The van der Waals surface area contributed by atoms with E-state index in [1.165, 1.54) is 0 Å². The Labute approximate surface area is 173 Å². The smallest absolute Gasteiger partial charge is 0.161 e. The highest BCUT2D eigenvalue weighted by Gasteiger charge is 2.22. The molecule has 0 fully saturated rings. The van der Waals surface area contributed by atoms with Gasteiger partial charge in [-0.25, -0.2) is 0 Å². The topological polar surface area (TPSA) is 34.9 Å². The highest BCUT2D eigenvalue weighted by Crippen LogP contribution is 2.39. The van der Waals surface area contributed by atoms with E-state index < -0.39 is 0 Å². The van der Waals surface area contributed by atoms with E-state index in [-0.39, 0.29) is 11.7 Å². The molecule has 0 amide bonds. The van der Waals surface area contributed by atoms with Crippen molar-refractivity contribution in [1.29, 1.82) is 0 Å². The Morgan fingerprint density at radius 2 is 1.78 bits per heavy atom. The van der Waals surface area contributed by atoms with Crippen LogP contribution < -0.4 is 0 Å². The van der Waals surface area contributed by atoms with Gasteiger partial charge in [-0.15, -0.1) is 0 Å². The van der Waals surface area contributed by atoms with Crippen LogP contribution in [0, 0.1) is 0 Å². The van der Waals surface area contributed by atoms with Crippen LogP contribution in [-0.2, 0) is 6.54 Å². The first-order valence-electron chi connectivity index (χ1n) is 8.62. The van der Waals surface area contributed by atoms with E-state index >= 15 is 0 Å². The molecule has 0 aliphatic carbocycles. The number of carbonyl (C=O) groups excluding carboxylic acids is 1. The lowest BCUT2D eigenvalue weighted by Gasteiger charge is -2.14. The van der Waals surface area contributed by atoms with Gasteiger partial charge >= 0.3 is 0 Å². The number of carbonyl (C=O) groups is 1. The molecule has 3 aromatic rings. The van der Waals surface area contributed by atoms with Gasteiger partial charge < -0.3 is 4.57 Å². The van der Waals surface area contributed by atoms with Gasteiger partial charge in [0.15, 0.2) is 5.78 Å². The molecule has 2 heterocycles. The van der Waals surface area contributed by atoms with Crippen LogP contribution in [0.5, 0.6) is 0 Å². The fourth-order valence-electron chi connectivity index (χ4n) is 3.01. The number of nitrogens with zero attached hydrogens (tertiary/aromatic N) is 2. The van der Waals surface area contributed by atoms with Crippen molar-refractivity contribution in [2.75, 3.05) is 0 Å². The second kappa shape index (κ2) is 8.51. The molecule has 27 heavy (non-hydrogen) atoms. The summed E-state index contributed by atoms with van der Waals surface area (Å²) in [6.45, 7) is 6.48. The van der Waals surface area contributed by atoms with E-state index in [4.69, 9.17) is 23.2 Å². The number of rotatable bonds is 6. The zero-order chi connectivity index (χ0) is 19.6. The maximum absolute atomic E-state index is 12.3. The molecule has 140 valence electrons. The molecular weight excluding hydrogens is 399 g/mol. The summed E-state index contributed by atoms with van der Waals surface area (Å²) in [6.07, 6.45) is 5.50. The van der Waals surface area contributed by atoms with Crippen LogP contribution in [0.1, 0.15) is 48.2 Å². The first-order chi connectivity index (χ1) is 12.8. The Morgan fingerprint density at radius 3 is 2.33 bits per heavy atom. The summed E-state index contributed by atoms with van der Waals surface area (Å²) >= 11 is 13.9. The molecule has 0 aliphatic rings. The molecule has 0 atom stereocenters. The third-order valence-corrected chi connectivity index (χ3v) is 5.73. The van der Waals surface area contributed by atoms with Gasteiger partial charge in [0.2, 0.25) is 0 Å². The van der Waals surface area contributed by atoms with Gasteiger partial charge in [0.05, 0.1) is 5.03 Å². The van der Waals surface area contributed by atoms with Gasteiger partial charge in [-0.3, -0.25) is 9.78 Å². The number of pyridine rings is 1. The average Bonchev–Trinajstić information content (AvgIpc) is 2.93. The number of ketones is 1. The lowest BCUT2D eigenvalue weighted by atomic mass is 10.0. The zero-order valence-corrected chi connectivity index (χ0v) is 17.7. The van der Waals surface area contributed by atoms with Crippen LogP contribution >= 0.6 is 35.0 Å². The molecule has 0 aliphatic heterocycles. The van der Waals surface area contributed by atoms with Crippen LogP contribution in [-0.4, -0.2) is 15.3 Å². The molecule has 3 rings (SSSR count). The first kappa shape index (κ1) is 20.0. The molecule has 0 radical (unpaired) electrons. The Bertz CT molecular complexity index is 948. The van der Waals surface area contributed by atoms with E-state index in [0.717, 1.165) is 26.6 Å². The van der Waals surface area contributed by atoms with Gasteiger partial charge in [0.25, 0.3) is 0 Å². The molecule has 0 bridgehead atoms. The van der Waals surface area contributed by atoms with Gasteiger partial charge in [-0.1, -0.05) is 48.8 Å². The van der Waals surface area contributed by atoms with E-state index in [2.05, 4.69) is 23.4 Å². The summed E-state index contributed by atoms with van der Waals surface area (Å²) in [5.41, 5.74) is 2.93. The van der Waals surface area contributed by atoms with Gasteiger partial charge in [-0.05, 0) is 54.3 Å². The fraction of sp³-hybridized carbons (Fsp3) is 0.238. The average molecular weight is 419 g/mol. The lowest BCUT2D eigenvalue weighted by Crippen LogP contribution is -2.01. The molecule has 6 heteroatoms. The van der Waals surface area contributed by atoms with Crippen molar-refractivity contribution in [3.8, 4) is 0 Å². The van der Waals surface area contributed by atoms with Crippen LogP contribution in [0.4, 0.5) is 0 Å². The molecule has 3 nitrogen and oxygen atoms in total. The number of hydrogen-bond acceptors (Lipinski definition) is 3. The third-order valence-electron chi connectivity index (χ3n) is 4.18. The van der Waals surface area contributed by atoms with E-state index in [9.17, 15) is 4.79 Å².